The van der Waals surface area contributed by atoms with Gasteiger partial charge in [0.25, 0.3) is 11.8 Å². The first kappa shape index (κ1) is 32.3. The lowest BCUT2D eigenvalue weighted by atomic mass is 9.87. The molecule has 3 rings (SSSR count). The summed E-state index contributed by atoms with van der Waals surface area (Å²) in [5, 5.41) is 2.16. The topological polar surface area (TPSA) is 49.4 Å². The number of alkyl halides is 9. The Labute approximate surface area is 239 Å². The van der Waals surface area contributed by atoms with Crippen LogP contribution >= 0.6 is 32.1 Å². The van der Waals surface area contributed by atoms with Crippen molar-refractivity contribution in [2.75, 3.05) is 9.24 Å². The van der Waals surface area contributed by atoms with E-state index in [-0.39, 0.29) is 23.4 Å². The van der Waals surface area contributed by atoms with Gasteiger partial charge in [-0.1, -0.05) is 18.2 Å². The molecule has 0 spiro atoms. The van der Waals surface area contributed by atoms with E-state index >= 15 is 0 Å². The lowest BCUT2D eigenvalue weighted by molar-refractivity contribution is -0.389. The van der Waals surface area contributed by atoms with Gasteiger partial charge in [-0.05, 0) is 58.4 Å². The van der Waals surface area contributed by atoms with Gasteiger partial charge in [0.15, 0.2) is 0 Å². The molecule has 1 unspecified atom stereocenters. The number of hydrogen-bond donors (Lipinski definition) is 1. The highest BCUT2D eigenvalue weighted by atomic mass is 79.9. The second-order valence-corrected chi connectivity index (χ2v) is 9.68. The summed E-state index contributed by atoms with van der Waals surface area (Å²) in [6, 6.07) is 7.78. The molecule has 220 valence electrons. The molecule has 0 bridgehead atoms. The Morgan fingerprint density at radius 2 is 1.32 bits per heavy atom. The van der Waals surface area contributed by atoms with Crippen molar-refractivity contribution in [2.24, 2.45) is 0 Å². The zero-order chi connectivity index (χ0) is 31.1. The molecular weight excluding hydrogens is 717 g/mol. The van der Waals surface area contributed by atoms with E-state index in [4.69, 9.17) is 0 Å². The number of carbonyl (C=O) groups excluding carboxylic acids is 2. The summed E-state index contributed by atoms with van der Waals surface area (Å²) < 4.78 is 148. The van der Waals surface area contributed by atoms with Crippen molar-refractivity contribution in [3.05, 3.63) is 93.5 Å². The van der Waals surface area contributed by atoms with Gasteiger partial charge in [0, 0.05) is 21.3 Å². The van der Waals surface area contributed by atoms with Crippen LogP contribution in [-0.4, -0.2) is 30.1 Å². The Kier molecular flexibility index (Phi) is 8.85. The minimum atomic E-state index is -6.92. The lowest BCUT2D eigenvalue weighted by Crippen LogP contribution is -2.59. The average molecular weight is 728 g/mol. The van der Waals surface area contributed by atoms with Crippen molar-refractivity contribution in [2.45, 2.75) is 23.9 Å². The van der Waals surface area contributed by atoms with E-state index in [1.165, 1.54) is 18.2 Å². The molecule has 0 fully saturated rings. The number of halogens is 13. The maximum Gasteiger partial charge on any atom is 0.457 e. The maximum absolute atomic E-state index is 14.8. The molecule has 0 aliphatic rings. The summed E-state index contributed by atoms with van der Waals surface area (Å²) in [5.74, 6) is -11.5. The second kappa shape index (κ2) is 11.2. The van der Waals surface area contributed by atoms with E-state index in [0.717, 1.165) is 24.3 Å². The molecule has 3 aromatic rings. The van der Waals surface area contributed by atoms with E-state index in [9.17, 15) is 57.9 Å². The zero-order valence-corrected chi connectivity index (χ0v) is 22.6. The molecule has 0 heterocycles. The molecule has 41 heavy (non-hydrogen) atoms. The third-order valence-corrected chi connectivity index (χ3v) is 6.81. The average Bonchev–Trinajstić information content (AvgIpc) is 2.85. The highest BCUT2D eigenvalue weighted by Gasteiger charge is 2.81. The van der Waals surface area contributed by atoms with Gasteiger partial charge in [-0.2, -0.15) is 35.1 Å². The Balaban J connectivity index is 1.93. The van der Waals surface area contributed by atoms with E-state index in [2.05, 4.69) is 37.4 Å². The smallest absolute Gasteiger partial charge is 0.322 e. The van der Waals surface area contributed by atoms with E-state index in [1.54, 1.807) is 0 Å². The number of benzene rings is 3. The Hall–Kier alpha value is -3.21. The van der Waals surface area contributed by atoms with Gasteiger partial charge >= 0.3 is 23.9 Å². The zero-order valence-electron chi connectivity index (χ0n) is 19.5. The van der Waals surface area contributed by atoms with Crippen LogP contribution in [0.15, 0.2) is 65.1 Å². The van der Waals surface area contributed by atoms with Gasteiger partial charge in [-0.3, -0.25) is 9.59 Å². The van der Waals surface area contributed by atoms with E-state index < -0.39 is 68.7 Å². The van der Waals surface area contributed by atoms with Crippen LogP contribution in [0.3, 0.4) is 0 Å². The molecule has 1 atom stereocenters. The molecule has 17 heteroatoms. The molecule has 0 saturated heterocycles. The molecule has 0 aliphatic heterocycles. The van der Waals surface area contributed by atoms with Gasteiger partial charge in [0.2, 0.25) is 0 Å². The Morgan fingerprint density at radius 1 is 0.756 bits per heavy atom. The highest BCUT2D eigenvalue weighted by molar-refractivity contribution is 9.11. The van der Waals surface area contributed by atoms with Gasteiger partial charge in [0.1, 0.15) is 17.2 Å². The van der Waals surface area contributed by atoms with E-state index in [0.29, 0.717) is 9.99 Å². The fourth-order valence-electron chi connectivity index (χ4n) is 3.46. The van der Waals surface area contributed by atoms with Gasteiger partial charge < -0.3 is 5.32 Å². The van der Waals surface area contributed by atoms with Crippen LogP contribution in [-0.2, 0) is 5.67 Å². The summed E-state index contributed by atoms with van der Waals surface area (Å²) >= 11 is 5.42. The number of carbonyl (C=O) groups is 2. The van der Waals surface area contributed by atoms with Gasteiger partial charge in [-0.15, -0.1) is 0 Å². The standard InChI is InChI=1S/C24H11Br2F11N2O2/c25-14-10-12(21(29,23(32,33)34)22(30,31)24(35,36)37)7-8-17(14)39(26)20(41)11-3-1-4-13(9-11)38-19(40)18-15(27)5-2-6-16(18)28/h1-10H,(H,38,40). The minimum absolute atomic E-state index is 0.00358. The first-order chi connectivity index (χ1) is 18.7. The van der Waals surface area contributed by atoms with Crippen LogP contribution in [0.1, 0.15) is 26.3 Å². The molecule has 0 radical (unpaired) electrons. The second-order valence-electron chi connectivity index (χ2n) is 8.11. The van der Waals surface area contributed by atoms with E-state index in [1.807, 2.05) is 0 Å². The molecule has 2 amide bonds. The molecule has 4 nitrogen and oxygen atoms in total. The third-order valence-electron chi connectivity index (χ3n) is 5.47. The Morgan fingerprint density at radius 3 is 1.83 bits per heavy atom. The quantitative estimate of drug-likeness (QED) is 0.204. The molecular formula is C24H11Br2F11N2O2. The number of amides is 2. The number of rotatable bonds is 6. The summed E-state index contributed by atoms with van der Waals surface area (Å²) in [5.41, 5.74) is -10.1. The van der Waals surface area contributed by atoms with Crippen LogP contribution in [0, 0.1) is 11.6 Å². The molecule has 3 aromatic carbocycles. The molecule has 0 aromatic heterocycles. The third kappa shape index (κ3) is 5.91. The molecule has 0 aliphatic carbocycles. The van der Waals surface area contributed by atoms with Crippen LogP contribution in [0.2, 0.25) is 0 Å². The van der Waals surface area contributed by atoms with Crippen molar-refractivity contribution < 1.29 is 57.9 Å². The molecule has 0 saturated carbocycles. The largest absolute Gasteiger partial charge is 0.457 e. The first-order valence-corrected chi connectivity index (χ1v) is 12.1. The summed E-state index contributed by atoms with van der Waals surface area (Å²) in [6.45, 7) is 0. The minimum Gasteiger partial charge on any atom is -0.322 e. The lowest BCUT2D eigenvalue weighted by Gasteiger charge is -2.36. The van der Waals surface area contributed by atoms with Crippen LogP contribution in [0.5, 0.6) is 0 Å². The van der Waals surface area contributed by atoms with Crippen molar-refractivity contribution >= 4 is 55.3 Å². The maximum atomic E-state index is 14.8. The van der Waals surface area contributed by atoms with Crippen LogP contribution in [0.25, 0.3) is 0 Å². The summed E-state index contributed by atoms with van der Waals surface area (Å²) in [4.78, 5) is 25.3. The fraction of sp³-hybridized carbons (Fsp3) is 0.167. The van der Waals surface area contributed by atoms with Crippen molar-refractivity contribution in [3.63, 3.8) is 0 Å². The SMILES string of the molecule is O=C(Nc1cccc(C(=O)N(Br)c2ccc(C(F)(C(F)(F)F)C(F)(F)C(F)(F)F)cc2Br)c1)c1c(F)cccc1F. The van der Waals surface area contributed by atoms with Crippen LogP contribution < -0.4 is 9.24 Å². The predicted octanol–water partition coefficient (Wildman–Crippen LogP) is 8.86. The number of hydrogen-bond acceptors (Lipinski definition) is 2. The number of nitrogens with one attached hydrogen (secondary N) is 1. The van der Waals surface area contributed by atoms with Crippen molar-refractivity contribution in [3.8, 4) is 0 Å². The Bertz CT molecular complexity index is 1470. The number of anilines is 2. The summed E-state index contributed by atoms with van der Waals surface area (Å²) in [6.07, 6.45) is -13.6. The summed E-state index contributed by atoms with van der Waals surface area (Å²) in [7, 11) is 0. The number of nitrogens with zero attached hydrogens (tertiary/aromatic N) is 1. The van der Waals surface area contributed by atoms with Crippen molar-refractivity contribution in [1.82, 2.24) is 0 Å². The predicted molar refractivity (Wildman–Crippen MR) is 130 cm³/mol. The highest BCUT2D eigenvalue weighted by Crippen LogP contribution is 2.58. The normalized spacial score (nSPS) is 13.9. The first-order valence-electron chi connectivity index (χ1n) is 10.6. The fourth-order valence-corrected chi connectivity index (χ4v) is 4.77. The van der Waals surface area contributed by atoms with Crippen molar-refractivity contribution in [1.29, 1.82) is 0 Å². The van der Waals surface area contributed by atoms with Crippen LogP contribution in [0.4, 0.5) is 59.7 Å². The monoisotopic (exact) mass is 726 g/mol. The molecule has 1 N–H and O–H groups in total. The van der Waals surface area contributed by atoms with Gasteiger partial charge in [0.05, 0.1) is 21.8 Å². The van der Waals surface area contributed by atoms with Gasteiger partial charge in [-0.25, -0.2) is 17.1 Å².